The van der Waals surface area contributed by atoms with Gasteiger partial charge in [0.25, 0.3) is 0 Å². The molecule has 0 spiro atoms. The molecule has 18 heavy (non-hydrogen) atoms. The molecule has 0 unspecified atom stereocenters. The van der Waals surface area contributed by atoms with Crippen LogP contribution in [0.1, 0.15) is 10.4 Å². The first-order valence-electron chi connectivity index (χ1n) is 5.28. The fourth-order valence-corrected chi connectivity index (χ4v) is 2.02. The number of nitrogen functional groups attached to an aromatic ring is 1. The van der Waals surface area contributed by atoms with Gasteiger partial charge in [-0.2, -0.15) is 0 Å². The molecule has 0 radical (unpaired) electrons. The van der Waals surface area contributed by atoms with Crippen LogP contribution in [-0.2, 0) is 0 Å². The number of anilines is 3. The number of benzene rings is 2. The summed E-state index contributed by atoms with van der Waals surface area (Å²) in [7, 11) is 0. The maximum atomic E-state index is 11.0. The number of amides is 1. The van der Waals surface area contributed by atoms with E-state index in [2.05, 4.69) is 21.2 Å². The van der Waals surface area contributed by atoms with Gasteiger partial charge in [0.2, 0.25) is 5.91 Å². The maximum absolute atomic E-state index is 11.0. The third-order valence-electron chi connectivity index (χ3n) is 2.42. The molecule has 0 saturated carbocycles. The van der Waals surface area contributed by atoms with Gasteiger partial charge in [-0.05, 0) is 52.3 Å². The molecule has 92 valence electrons. The summed E-state index contributed by atoms with van der Waals surface area (Å²) in [6.07, 6.45) is 0. The molecule has 0 saturated heterocycles. The van der Waals surface area contributed by atoms with E-state index in [0.717, 1.165) is 15.8 Å². The van der Waals surface area contributed by atoms with Crippen molar-refractivity contribution >= 4 is 38.9 Å². The Bertz CT molecular complexity index is 599. The van der Waals surface area contributed by atoms with Crippen LogP contribution < -0.4 is 16.8 Å². The molecule has 2 aromatic carbocycles. The fraction of sp³-hybridized carbons (Fsp3) is 0. The Morgan fingerprint density at radius 3 is 2.56 bits per heavy atom. The topological polar surface area (TPSA) is 81.1 Å². The van der Waals surface area contributed by atoms with E-state index in [1.54, 1.807) is 18.2 Å². The van der Waals surface area contributed by atoms with Crippen LogP contribution in [0.4, 0.5) is 17.1 Å². The van der Waals surface area contributed by atoms with Gasteiger partial charge in [0.05, 0.1) is 5.69 Å². The maximum Gasteiger partial charge on any atom is 0.248 e. The first-order valence-corrected chi connectivity index (χ1v) is 6.07. The molecule has 4 nitrogen and oxygen atoms in total. The number of nitrogens with one attached hydrogen (secondary N) is 1. The van der Waals surface area contributed by atoms with Gasteiger partial charge in [-0.15, -0.1) is 0 Å². The summed E-state index contributed by atoms with van der Waals surface area (Å²) in [6, 6.07) is 12.5. The molecule has 0 aliphatic heterocycles. The summed E-state index contributed by atoms with van der Waals surface area (Å²) >= 11 is 3.39. The molecular weight excluding hydrogens is 294 g/mol. The smallest absolute Gasteiger partial charge is 0.248 e. The highest BCUT2D eigenvalue weighted by Crippen LogP contribution is 2.27. The van der Waals surface area contributed by atoms with Gasteiger partial charge >= 0.3 is 0 Å². The van der Waals surface area contributed by atoms with Gasteiger partial charge < -0.3 is 16.8 Å². The van der Waals surface area contributed by atoms with Crippen LogP contribution in [0, 0.1) is 0 Å². The minimum Gasteiger partial charge on any atom is -0.399 e. The summed E-state index contributed by atoms with van der Waals surface area (Å²) in [5.74, 6) is -0.453. The molecule has 2 rings (SSSR count). The first kappa shape index (κ1) is 12.4. The molecule has 0 atom stereocenters. The third kappa shape index (κ3) is 2.81. The predicted molar refractivity (Wildman–Crippen MR) is 76.8 cm³/mol. The van der Waals surface area contributed by atoms with E-state index in [-0.39, 0.29) is 0 Å². The highest BCUT2D eigenvalue weighted by molar-refractivity contribution is 9.10. The van der Waals surface area contributed by atoms with Crippen molar-refractivity contribution in [2.24, 2.45) is 5.73 Å². The van der Waals surface area contributed by atoms with E-state index in [4.69, 9.17) is 11.5 Å². The van der Waals surface area contributed by atoms with Gasteiger partial charge in [-0.25, -0.2) is 0 Å². The number of hydrogen-bond acceptors (Lipinski definition) is 3. The van der Waals surface area contributed by atoms with Crippen molar-refractivity contribution in [2.45, 2.75) is 0 Å². The zero-order valence-electron chi connectivity index (χ0n) is 9.48. The van der Waals surface area contributed by atoms with Crippen LogP contribution in [0.5, 0.6) is 0 Å². The highest BCUT2D eigenvalue weighted by Gasteiger charge is 2.05. The Morgan fingerprint density at radius 2 is 1.94 bits per heavy atom. The monoisotopic (exact) mass is 305 g/mol. The zero-order valence-corrected chi connectivity index (χ0v) is 11.1. The normalized spacial score (nSPS) is 10.1. The zero-order chi connectivity index (χ0) is 13.1. The summed E-state index contributed by atoms with van der Waals surface area (Å²) in [6.45, 7) is 0. The molecule has 0 fully saturated rings. The van der Waals surface area contributed by atoms with Gasteiger partial charge in [-0.3, -0.25) is 4.79 Å². The fourth-order valence-electron chi connectivity index (χ4n) is 1.54. The number of primary amides is 1. The Balaban J connectivity index is 2.27. The number of halogens is 1. The number of hydrogen-bond donors (Lipinski definition) is 3. The molecule has 0 heterocycles. The number of rotatable bonds is 3. The quantitative estimate of drug-likeness (QED) is 0.763. The van der Waals surface area contributed by atoms with Crippen LogP contribution in [-0.4, -0.2) is 5.91 Å². The van der Waals surface area contributed by atoms with E-state index in [9.17, 15) is 4.79 Å². The summed E-state index contributed by atoms with van der Waals surface area (Å²) in [5, 5.41) is 3.20. The Kier molecular flexibility index (Phi) is 3.53. The van der Waals surface area contributed by atoms with Crippen molar-refractivity contribution in [3.63, 3.8) is 0 Å². The van der Waals surface area contributed by atoms with Gasteiger partial charge in [0, 0.05) is 21.4 Å². The summed E-state index contributed by atoms with van der Waals surface area (Å²) in [5.41, 5.74) is 13.8. The lowest BCUT2D eigenvalue weighted by Crippen LogP contribution is -2.10. The third-order valence-corrected chi connectivity index (χ3v) is 3.08. The van der Waals surface area contributed by atoms with E-state index < -0.39 is 5.91 Å². The Labute approximate surface area is 113 Å². The molecule has 2 aromatic rings. The van der Waals surface area contributed by atoms with Crippen LogP contribution >= 0.6 is 15.9 Å². The van der Waals surface area contributed by atoms with E-state index >= 15 is 0 Å². The van der Waals surface area contributed by atoms with Gasteiger partial charge in [0.15, 0.2) is 0 Å². The standard InChI is InChI=1S/C13H12BrN3O/c14-11-6-8(13(16)18)4-5-12(11)17-10-3-1-2-9(15)7-10/h1-7,17H,15H2,(H2,16,18). The largest absolute Gasteiger partial charge is 0.399 e. The first-order chi connectivity index (χ1) is 8.56. The van der Waals surface area contributed by atoms with Crippen LogP contribution in [0.3, 0.4) is 0 Å². The second kappa shape index (κ2) is 5.10. The van der Waals surface area contributed by atoms with Gasteiger partial charge in [-0.1, -0.05) is 6.07 Å². The lowest BCUT2D eigenvalue weighted by atomic mass is 10.2. The lowest BCUT2D eigenvalue weighted by molar-refractivity contribution is 0.100. The Morgan fingerprint density at radius 1 is 1.17 bits per heavy atom. The summed E-state index contributed by atoms with van der Waals surface area (Å²) in [4.78, 5) is 11.0. The van der Waals surface area contributed by atoms with Crippen molar-refractivity contribution in [1.29, 1.82) is 0 Å². The van der Waals surface area contributed by atoms with Crippen molar-refractivity contribution < 1.29 is 4.79 Å². The second-order valence-corrected chi connectivity index (χ2v) is 4.66. The van der Waals surface area contributed by atoms with Gasteiger partial charge in [0.1, 0.15) is 0 Å². The van der Waals surface area contributed by atoms with E-state index in [1.807, 2.05) is 24.3 Å². The molecule has 5 heteroatoms. The minimum absolute atomic E-state index is 0.453. The lowest BCUT2D eigenvalue weighted by Gasteiger charge is -2.10. The molecule has 5 N–H and O–H groups in total. The number of nitrogens with two attached hydrogens (primary N) is 2. The summed E-state index contributed by atoms with van der Waals surface area (Å²) < 4.78 is 0.765. The van der Waals surface area contributed by atoms with Crippen molar-refractivity contribution in [1.82, 2.24) is 0 Å². The highest BCUT2D eigenvalue weighted by atomic mass is 79.9. The van der Waals surface area contributed by atoms with Crippen molar-refractivity contribution in [2.75, 3.05) is 11.1 Å². The Hall–Kier alpha value is -2.01. The molecule has 0 bridgehead atoms. The predicted octanol–water partition coefficient (Wildman–Crippen LogP) is 2.87. The molecular formula is C13H12BrN3O. The van der Waals surface area contributed by atoms with Crippen LogP contribution in [0.2, 0.25) is 0 Å². The average Bonchev–Trinajstić information content (AvgIpc) is 2.31. The minimum atomic E-state index is -0.453. The number of carbonyl (C=O) groups excluding carboxylic acids is 1. The molecule has 0 aliphatic rings. The SMILES string of the molecule is NC(=O)c1ccc(Nc2cccc(N)c2)c(Br)c1. The molecule has 0 aromatic heterocycles. The van der Waals surface area contributed by atoms with E-state index in [0.29, 0.717) is 11.3 Å². The second-order valence-electron chi connectivity index (χ2n) is 3.81. The van der Waals surface area contributed by atoms with Crippen LogP contribution in [0.25, 0.3) is 0 Å². The average molecular weight is 306 g/mol. The number of carbonyl (C=O) groups is 1. The van der Waals surface area contributed by atoms with Crippen molar-refractivity contribution in [3.05, 3.63) is 52.5 Å². The molecule has 1 amide bonds. The van der Waals surface area contributed by atoms with E-state index in [1.165, 1.54) is 0 Å². The van der Waals surface area contributed by atoms with Crippen LogP contribution in [0.15, 0.2) is 46.9 Å². The van der Waals surface area contributed by atoms with Crippen molar-refractivity contribution in [3.8, 4) is 0 Å². The molecule has 0 aliphatic carbocycles.